The van der Waals surface area contributed by atoms with Crippen molar-refractivity contribution in [2.24, 2.45) is 5.14 Å². The maximum atomic E-state index is 13.0. The van der Waals surface area contributed by atoms with Crippen molar-refractivity contribution in [1.29, 1.82) is 0 Å². The van der Waals surface area contributed by atoms with E-state index in [9.17, 15) is 18.0 Å². The Morgan fingerprint density at radius 1 is 1.24 bits per heavy atom. The Morgan fingerprint density at radius 3 is 2.61 bits per heavy atom. The minimum atomic E-state index is -3.75. The molecule has 0 bridgehead atoms. The number of piperidine rings is 1. The Bertz CT molecular complexity index is 1390. The van der Waals surface area contributed by atoms with E-state index in [1.165, 1.54) is 22.1 Å². The van der Waals surface area contributed by atoms with E-state index in [4.69, 9.17) is 21.3 Å². The summed E-state index contributed by atoms with van der Waals surface area (Å²) in [6.07, 6.45) is 1.64. The van der Waals surface area contributed by atoms with Gasteiger partial charge in [0.15, 0.2) is 11.5 Å². The fourth-order valence-electron chi connectivity index (χ4n) is 4.15. The highest BCUT2D eigenvalue weighted by molar-refractivity contribution is 7.89. The topological polar surface area (TPSA) is 165 Å². The first-order valence-corrected chi connectivity index (χ1v) is 15.0. The molecule has 3 aromatic rings. The summed E-state index contributed by atoms with van der Waals surface area (Å²) < 4.78 is 29.9. The summed E-state index contributed by atoms with van der Waals surface area (Å²) in [4.78, 5) is 29.1. The minimum absolute atomic E-state index is 0.00501. The summed E-state index contributed by atoms with van der Waals surface area (Å²) in [5.41, 5.74) is 0.615. The van der Waals surface area contributed by atoms with Gasteiger partial charge in [-0.05, 0) is 38.8 Å². The summed E-state index contributed by atoms with van der Waals surface area (Å²) >= 11 is 7.34. The molecule has 15 heteroatoms. The van der Waals surface area contributed by atoms with Gasteiger partial charge in [0, 0.05) is 43.9 Å². The molecule has 0 aliphatic carbocycles. The van der Waals surface area contributed by atoms with Crippen molar-refractivity contribution in [3.05, 3.63) is 45.7 Å². The third-order valence-corrected chi connectivity index (χ3v) is 8.22. The number of carbonyl (C=O) groups is 2. The van der Waals surface area contributed by atoms with E-state index in [1.807, 2.05) is 6.07 Å². The fourth-order valence-corrected chi connectivity index (χ4v) is 5.53. The molecule has 1 aliphatic rings. The van der Waals surface area contributed by atoms with Gasteiger partial charge in [-0.1, -0.05) is 16.8 Å². The Labute approximate surface area is 229 Å². The second-order valence-corrected chi connectivity index (χ2v) is 12.8. The number of likely N-dealkylation sites (tertiary alicyclic amines) is 1. The molecular weight excluding hydrogens is 554 g/mol. The highest BCUT2D eigenvalue weighted by atomic mass is 35.5. The quantitative estimate of drug-likeness (QED) is 0.325. The third kappa shape index (κ3) is 7.41. The van der Waals surface area contributed by atoms with Crippen molar-refractivity contribution in [3.63, 3.8) is 0 Å². The van der Waals surface area contributed by atoms with Gasteiger partial charge in [0.2, 0.25) is 10.0 Å². The number of aromatic nitrogens is 3. The molecule has 2 amide bonds. The van der Waals surface area contributed by atoms with E-state index in [0.29, 0.717) is 21.8 Å². The van der Waals surface area contributed by atoms with Crippen molar-refractivity contribution >= 4 is 44.8 Å². The molecule has 0 spiro atoms. The number of hydrogen-bond donors (Lipinski definition) is 3. The Hall–Kier alpha value is -2.78. The lowest BCUT2D eigenvalue weighted by Gasteiger charge is -2.34. The summed E-state index contributed by atoms with van der Waals surface area (Å²) in [5.74, 6) is -0.904. The van der Waals surface area contributed by atoms with Crippen LogP contribution in [0.5, 0.6) is 0 Å². The predicted octanol–water partition coefficient (Wildman–Crippen LogP) is 1.92. The maximum absolute atomic E-state index is 13.0. The molecule has 0 aromatic carbocycles. The van der Waals surface area contributed by atoms with Gasteiger partial charge in [-0.2, -0.15) is 5.10 Å². The lowest BCUT2D eigenvalue weighted by molar-refractivity contribution is 0.0893. The second-order valence-electron chi connectivity index (χ2n) is 9.36. The van der Waals surface area contributed by atoms with Crippen molar-refractivity contribution in [2.75, 3.05) is 25.4 Å². The van der Waals surface area contributed by atoms with Gasteiger partial charge >= 0.3 is 0 Å². The molecule has 38 heavy (non-hydrogen) atoms. The molecule has 12 nitrogen and oxygen atoms in total. The normalized spacial score (nSPS) is 15.2. The van der Waals surface area contributed by atoms with Crippen molar-refractivity contribution in [2.45, 2.75) is 45.3 Å². The van der Waals surface area contributed by atoms with E-state index in [0.717, 1.165) is 30.8 Å². The van der Waals surface area contributed by atoms with Gasteiger partial charge < -0.3 is 20.1 Å². The van der Waals surface area contributed by atoms with Crippen molar-refractivity contribution < 1.29 is 22.5 Å². The van der Waals surface area contributed by atoms with Crippen LogP contribution in [0.4, 0.5) is 0 Å². The average Bonchev–Trinajstić information content (AvgIpc) is 3.59. The molecule has 0 unspecified atom stereocenters. The molecular formula is C23H30ClN7O5S2. The number of nitrogens with two attached hydrogens (primary N) is 1. The van der Waals surface area contributed by atoms with Crippen LogP contribution in [0.15, 0.2) is 28.8 Å². The summed E-state index contributed by atoms with van der Waals surface area (Å²) in [6.45, 7) is 5.92. The second kappa shape index (κ2) is 11.9. The highest BCUT2D eigenvalue weighted by Gasteiger charge is 2.25. The largest absolute Gasteiger partial charge is 0.355 e. The average molecular weight is 584 g/mol. The van der Waals surface area contributed by atoms with Gasteiger partial charge in [-0.25, -0.2) is 13.6 Å². The molecule has 1 aliphatic heterocycles. The number of thiophene rings is 1. The number of nitrogens with zero attached hydrogens (tertiary/aromatic N) is 4. The smallest absolute Gasteiger partial charge is 0.272 e. The molecule has 1 fully saturated rings. The molecule has 4 heterocycles. The standard InChI is InChI=1S/C23H30ClN7O5S2/c1-14(2)30-8-5-15(6-9-30)27-22(32)17-12-18(23(33)26-7-10-38(25,34)35)31(28-17)13-16-11-19(36-29-16)20-3-4-21(24)37-20/h3-4,11-12,14-15H,5-10,13H2,1-2H3,(H,26,33)(H,27,32)(H2,25,34,35). The number of halogens is 1. The monoisotopic (exact) mass is 583 g/mol. The lowest BCUT2D eigenvalue weighted by atomic mass is 10.0. The van der Waals surface area contributed by atoms with Crippen LogP contribution < -0.4 is 15.8 Å². The number of hydrogen-bond acceptors (Lipinski definition) is 9. The first-order chi connectivity index (χ1) is 18.0. The van der Waals surface area contributed by atoms with Crippen LogP contribution in [0.2, 0.25) is 4.34 Å². The zero-order valence-corrected chi connectivity index (χ0v) is 23.4. The van der Waals surface area contributed by atoms with Crippen molar-refractivity contribution in [1.82, 2.24) is 30.5 Å². The molecule has 0 saturated carbocycles. The first-order valence-electron chi connectivity index (χ1n) is 12.1. The van der Waals surface area contributed by atoms with E-state index in [1.54, 1.807) is 12.1 Å². The summed E-state index contributed by atoms with van der Waals surface area (Å²) in [6, 6.07) is 7.10. The highest BCUT2D eigenvalue weighted by Crippen LogP contribution is 2.31. The van der Waals surface area contributed by atoms with Crippen LogP contribution in [0.25, 0.3) is 10.6 Å². The Kier molecular flexibility index (Phi) is 8.88. The van der Waals surface area contributed by atoms with Gasteiger partial charge in [0.1, 0.15) is 11.4 Å². The van der Waals surface area contributed by atoms with Gasteiger partial charge in [-0.3, -0.25) is 14.3 Å². The maximum Gasteiger partial charge on any atom is 0.272 e. The zero-order valence-electron chi connectivity index (χ0n) is 21.0. The predicted molar refractivity (Wildman–Crippen MR) is 144 cm³/mol. The molecule has 1 saturated heterocycles. The SMILES string of the molecule is CC(C)N1CCC(NC(=O)c2cc(C(=O)NCCS(N)(=O)=O)n(Cc3cc(-c4ccc(Cl)s4)on3)n2)CC1. The van der Waals surface area contributed by atoms with Crippen LogP contribution in [-0.4, -0.2) is 77.5 Å². The number of primary sulfonamides is 1. The molecule has 0 radical (unpaired) electrons. The van der Waals surface area contributed by atoms with Crippen LogP contribution in [0, 0.1) is 0 Å². The molecule has 3 aromatic heterocycles. The first kappa shape index (κ1) is 28.2. The van der Waals surface area contributed by atoms with Crippen LogP contribution in [0.3, 0.4) is 0 Å². The minimum Gasteiger partial charge on any atom is -0.355 e. The summed E-state index contributed by atoms with van der Waals surface area (Å²) in [5, 5.41) is 19.0. The zero-order chi connectivity index (χ0) is 27.4. The summed E-state index contributed by atoms with van der Waals surface area (Å²) in [7, 11) is -3.75. The molecule has 4 N–H and O–H groups in total. The molecule has 4 rings (SSSR count). The molecule has 206 valence electrons. The number of rotatable bonds is 10. The van der Waals surface area contributed by atoms with Gasteiger partial charge in [0.05, 0.1) is 21.5 Å². The fraction of sp³-hybridized carbons (Fsp3) is 0.478. The number of carbonyl (C=O) groups excluding carboxylic acids is 2. The van der Waals surface area contributed by atoms with E-state index < -0.39 is 21.7 Å². The number of sulfonamides is 1. The van der Waals surface area contributed by atoms with Crippen molar-refractivity contribution in [3.8, 4) is 10.6 Å². The van der Waals surface area contributed by atoms with Crippen LogP contribution in [0.1, 0.15) is 53.4 Å². The third-order valence-electron chi connectivity index (χ3n) is 6.20. The van der Waals surface area contributed by atoms with E-state index in [-0.39, 0.29) is 36.4 Å². The van der Waals surface area contributed by atoms with Crippen LogP contribution >= 0.6 is 22.9 Å². The van der Waals surface area contributed by atoms with E-state index in [2.05, 4.69) is 39.6 Å². The lowest BCUT2D eigenvalue weighted by Crippen LogP contribution is -2.46. The Balaban J connectivity index is 1.50. The Morgan fingerprint density at radius 2 is 1.97 bits per heavy atom. The van der Waals surface area contributed by atoms with Gasteiger partial charge in [-0.15, -0.1) is 11.3 Å². The van der Waals surface area contributed by atoms with E-state index >= 15 is 0 Å². The molecule has 0 atom stereocenters. The number of amides is 2. The van der Waals surface area contributed by atoms with Gasteiger partial charge in [0.25, 0.3) is 11.8 Å². The van der Waals surface area contributed by atoms with Crippen LogP contribution in [-0.2, 0) is 16.6 Å². The number of nitrogens with one attached hydrogen (secondary N) is 2.